The van der Waals surface area contributed by atoms with Gasteiger partial charge in [-0.05, 0) is 6.07 Å². The molecule has 0 saturated heterocycles. The molecule has 1 aromatic rings. The third kappa shape index (κ3) is 32.7. The Morgan fingerprint density at radius 1 is 0.473 bits per heavy atom. The van der Waals surface area contributed by atoms with Crippen molar-refractivity contribution in [3.63, 3.8) is 0 Å². The van der Waals surface area contributed by atoms with E-state index in [1.54, 1.807) is 0 Å². The van der Waals surface area contributed by atoms with Gasteiger partial charge in [-0.3, -0.25) is 25.0 Å². The standard InChI is InChI=1S/C34H59N3O18/c1-31(38)55-29-28-54-27-26-53-25-24-52-23-22-51-21-20-50-19-18-49-17-16-48-15-14-47-13-12-46-11-10-45-9-8-44-7-6-43-5-4-35-33-3-2-32(36(39)40)30-34(33)37(41)42/h2-3,30,35H,4-29H2,1H3. The van der Waals surface area contributed by atoms with Crippen LogP contribution in [0.4, 0.5) is 17.1 Å². The normalized spacial score (nSPS) is 11.2. The van der Waals surface area contributed by atoms with Gasteiger partial charge >= 0.3 is 5.97 Å². The topological polar surface area (TPSA) is 235 Å². The fraction of sp³-hybridized carbons (Fsp3) is 0.794. The molecule has 55 heavy (non-hydrogen) atoms. The molecule has 0 aliphatic heterocycles. The van der Waals surface area contributed by atoms with Crippen molar-refractivity contribution < 1.29 is 76.2 Å². The molecule has 1 N–H and O–H groups in total. The first kappa shape index (κ1) is 49.8. The molecule has 0 aromatic heterocycles. The van der Waals surface area contributed by atoms with E-state index in [0.29, 0.717) is 152 Å². The number of nitrogens with one attached hydrogen (secondary N) is 1. The van der Waals surface area contributed by atoms with Gasteiger partial charge in [0.25, 0.3) is 11.4 Å². The van der Waals surface area contributed by atoms with Crippen LogP contribution in [0.5, 0.6) is 0 Å². The predicted octanol–water partition coefficient (Wildman–Crippen LogP) is 1.68. The minimum absolute atomic E-state index is 0.181. The van der Waals surface area contributed by atoms with Crippen molar-refractivity contribution >= 4 is 23.0 Å². The van der Waals surface area contributed by atoms with Crippen LogP contribution in [0.3, 0.4) is 0 Å². The molecule has 0 spiro atoms. The van der Waals surface area contributed by atoms with Crippen molar-refractivity contribution in [2.45, 2.75) is 6.92 Å². The van der Waals surface area contributed by atoms with E-state index in [0.717, 1.165) is 6.07 Å². The fourth-order valence-corrected chi connectivity index (χ4v) is 3.96. The summed E-state index contributed by atoms with van der Waals surface area (Å²) >= 11 is 0. The fourth-order valence-electron chi connectivity index (χ4n) is 3.96. The summed E-state index contributed by atoms with van der Waals surface area (Å²) in [7, 11) is 0. The molecule has 0 fully saturated rings. The SMILES string of the molecule is CC(=O)OCCOCCOCCOCCOCCOCCOCCOCCOCCOCCOCCOCCOCCNc1ccc([N+](=O)[O-])cc1[N+](=O)[O-]. The first-order chi connectivity index (χ1) is 26.9. The molecule has 0 aliphatic carbocycles. The molecular formula is C34H59N3O18. The van der Waals surface area contributed by atoms with Crippen LogP contribution in [-0.4, -0.2) is 188 Å². The van der Waals surface area contributed by atoms with E-state index in [1.807, 2.05) is 0 Å². The average molecular weight is 798 g/mol. The summed E-state index contributed by atoms with van der Waals surface area (Å²) in [5.41, 5.74) is -0.538. The molecule has 0 bridgehead atoms. The minimum atomic E-state index is -0.684. The Kier molecular flexibility index (Phi) is 34.2. The first-order valence-corrected chi connectivity index (χ1v) is 18.1. The molecule has 0 heterocycles. The first-order valence-electron chi connectivity index (χ1n) is 18.1. The summed E-state index contributed by atoms with van der Waals surface area (Å²) in [6, 6.07) is 3.42. The van der Waals surface area contributed by atoms with E-state index >= 15 is 0 Å². The third-order valence-corrected chi connectivity index (χ3v) is 6.58. The summed E-state index contributed by atoms with van der Waals surface area (Å²) < 4.78 is 69.8. The number of hydrogen-bond donors (Lipinski definition) is 1. The molecule has 0 radical (unpaired) electrons. The molecule has 0 atom stereocenters. The second kappa shape index (κ2) is 37.7. The maximum atomic E-state index is 11.2. The second-order valence-corrected chi connectivity index (χ2v) is 10.8. The van der Waals surface area contributed by atoms with Crippen LogP contribution >= 0.6 is 0 Å². The Balaban J connectivity index is 1.69. The third-order valence-electron chi connectivity index (χ3n) is 6.58. The van der Waals surface area contributed by atoms with Crippen molar-refractivity contribution in [1.82, 2.24) is 0 Å². The van der Waals surface area contributed by atoms with Gasteiger partial charge in [0.2, 0.25) is 0 Å². The highest BCUT2D eigenvalue weighted by molar-refractivity contribution is 5.66. The van der Waals surface area contributed by atoms with E-state index in [9.17, 15) is 25.0 Å². The predicted molar refractivity (Wildman–Crippen MR) is 195 cm³/mol. The summed E-state index contributed by atoms with van der Waals surface area (Å²) in [6.07, 6.45) is 0. The molecule has 0 saturated carbocycles. The molecule has 318 valence electrons. The quantitative estimate of drug-likeness (QED) is 0.0429. The van der Waals surface area contributed by atoms with Crippen molar-refractivity contribution in [3.8, 4) is 0 Å². The van der Waals surface area contributed by atoms with Crippen molar-refractivity contribution in [1.29, 1.82) is 0 Å². The number of anilines is 1. The summed E-state index contributed by atoms with van der Waals surface area (Å²) in [4.78, 5) is 31.2. The highest BCUT2D eigenvalue weighted by Gasteiger charge is 2.19. The van der Waals surface area contributed by atoms with Crippen LogP contribution in [0, 0.1) is 20.2 Å². The maximum Gasteiger partial charge on any atom is 0.302 e. The number of carbonyl (C=O) groups is 1. The van der Waals surface area contributed by atoms with Crippen LogP contribution in [0.1, 0.15) is 6.92 Å². The molecule has 0 unspecified atom stereocenters. The van der Waals surface area contributed by atoms with E-state index in [-0.39, 0.29) is 42.8 Å². The van der Waals surface area contributed by atoms with E-state index in [4.69, 9.17) is 61.6 Å². The number of benzene rings is 1. The number of esters is 1. The lowest BCUT2D eigenvalue weighted by Crippen LogP contribution is -2.16. The number of nitro groups is 2. The summed E-state index contributed by atoms with van der Waals surface area (Å²) in [5.74, 6) is -0.322. The average Bonchev–Trinajstić information content (AvgIpc) is 3.16. The molecule has 0 aliphatic rings. The van der Waals surface area contributed by atoms with Crippen LogP contribution in [0.15, 0.2) is 18.2 Å². The highest BCUT2D eigenvalue weighted by Crippen LogP contribution is 2.28. The van der Waals surface area contributed by atoms with Gasteiger partial charge in [0.15, 0.2) is 0 Å². The number of nitro benzene ring substituents is 2. The van der Waals surface area contributed by atoms with Gasteiger partial charge in [-0.2, -0.15) is 0 Å². The molecule has 21 nitrogen and oxygen atoms in total. The lowest BCUT2D eigenvalue weighted by molar-refractivity contribution is -0.393. The highest BCUT2D eigenvalue weighted by atomic mass is 16.6. The molecule has 1 aromatic carbocycles. The van der Waals surface area contributed by atoms with E-state index in [1.165, 1.54) is 19.1 Å². The molecular weight excluding hydrogens is 738 g/mol. The van der Waals surface area contributed by atoms with Gasteiger partial charge in [-0.1, -0.05) is 0 Å². The van der Waals surface area contributed by atoms with Crippen molar-refractivity contribution in [3.05, 3.63) is 38.4 Å². The van der Waals surface area contributed by atoms with Gasteiger partial charge < -0.3 is 66.9 Å². The summed E-state index contributed by atoms with van der Waals surface area (Å²) in [6.45, 7) is 12.2. The zero-order valence-electron chi connectivity index (χ0n) is 31.9. The number of carbonyl (C=O) groups excluding carboxylic acids is 1. The van der Waals surface area contributed by atoms with Crippen LogP contribution in [-0.2, 0) is 66.4 Å². The van der Waals surface area contributed by atoms with Crippen LogP contribution < -0.4 is 5.32 Å². The lowest BCUT2D eigenvalue weighted by atomic mass is 10.2. The Bertz CT molecular complexity index is 1090. The summed E-state index contributed by atoms with van der Waals surface area (Å²) in [5, 5.41) is 24.8. The Labute approximate surface area is 321 Å². The molecule has 21 heteroatoms. The van der Waals surface area contributed by atoms with Gasteiger partial charge in [0.1, 0.15) is 12.3 Å². The smallest absolute Gasteiger partial charge is 0.302 e. The molecule has 0 amide bonds. The maximum absolute atomic E-state index is 11.2. The van der Waals surface area contributed by atoms with Gasteiger partial charge in [0.05, 0.1) is 174 Å². The zero-order valence-corrected chi connectivity index (χ0v) is 31.9. The van der Waals surface area contributed by atoms with Gasteiger partial charge in [-0.15, -0.1) is 0 Å². The zero-order chi connectivity index (χ0) is 39.9. The minimum Gasteiger partial charge on any atom is -0.463 e. The van der Waals surface area contributed by atoms with Crippen LogP contribution in [0.25, 0.3) is 0 Å². The molecule has 1 rings (SSSR count). The van der Waals surface area contributed by atoms with E-state index < -0.39 is 9.85 Å². The van der Waals surface area contributed by atoms with Crippen LogP contribution in [0.2, 0.25) is 0 Å². The number of rotatable bonds is 42. The Morgan fingerprint density at radius 3 is 1.04 bits per heavy atom. The number of ether oxygens (including phenoxy) is 13. The van der Waals surface area contributed by atoms with E-state index in [2.05, 4.69) is 5.32 Å². The Morgan fingerprint density at radius 2 is 0.764 bits per heavy atom. The van der Waals surface area contributed by atoms with Crippen molar-refractivity contribution in [2.75, 3.05) is 177 Å². The Hall–Kier alpha value is -3.19. The number of nitrogens with zero attached hydrogens (tertiary/aromatic N) is 2. The second-order valence-electron chi connectivity index (χ2n) is 10.8. The largest absolute Gasteiger partial charge is 0.463 e. The number of non-ortho nitro benzene ring substituents is 1. The lowest BCUT2D eigenvalue weighted by Gasteiger charge is -2.09. The van der Waals surface area contributed by atoms with Gasteiger partial charge in [-0.25, -0.2) is 0 Å². The van der Waals surface area contributed by atoms with Gasteiger partial charge in [0, 0.05) is 19.5 Å². The monoisotopic (exact) mass is 797 g/mol. The number of hydrogen-bond acceptors (Lipinski definition) is 19. The van der Waals surface area contributed by atoms with Crippen molar-refractivity contribution in [2.24, 2.45) is 0 Å².